The Kier molecular flexibility index (Phi) is 5.45. The molecule has 1 saturated carbocycles. The third kappa shape index (κ3) is 3.74. The first kappa shape index (κ1) is 15.3. The lowest BCUT2D eigenvalue weighted by Crippen LogP contribution is -2.39. The molecule has 0 bridgehead atoms. The Morgan fingerprint density at radius 3 is 2.65 bits per heavy atom. The van der Waals surface area contributed by atoms with Gasteiger partial charge in [-0.1, -0.05) is 40.0 Å². The van der Waals surface area contributed by atoms with Crippen LogP contribution in [0.15, 0.2) is 18.3 Å². The Hall–Kier alpha value is -1.05. The van der Waals surface area contributed by atoms with Gasteiger partial charge in [0.15, 0.2) is 0 Å². The average molecular weight is 274 g/mol. The van der Waals surface area contributed by atoms with Crippen LogP contribution in [0.25, 0.3) is 0 Å². The van der Waals surface area contributed by atoms with Gasteiger partial charge in [-0.3, -0.25) is 4.98 Å². The van der Waals surface area contributed by atoms with Gasteiger partial charge in [0, 0.05) is 18.8 Å². The highest BCUT2D eigenvalue weighted by molar-refractivity contribution is 5.45. The van der Waals surface area contributed by atoms with Crippen molar-refractivity contribution in [2.24, 2.45) is 11.8 Å². The fourth-order valence-corrected chi connectivity index (χ4v) is 3.31. The first-order valence-corrected chi connectivity index (χ1v) is 8.29. The Bertz CT molecular complexity index is 398. The predicted molar refractivity (Wildman–Crippen MR) is 87.2 cm³/mol. The first-order chi connectivity index (χ1) is 9.61. The lowest BCUT2D eigenvalue weighted by molar-refractivity contribution is 0.321. The SMILES string of the molecule is CCC(C)Cc1ccc(N(C)C2CCCCC2C)cn1. The lowest BCUT2D eigenvalue weighted by Gasteiger charge is -2.37. The van der Waals surface area contributed by atoms with Crippen LogP contribution < -0.4 is 4.90 Å². The largest absolute Gasteiger partial charge is 0.370 e. The van der Waals surface area contributed by atoms with Crippen molar-refractivity contribution in [1.29, 1.82) is 0 Å². The summed E-state index contributed by atoms with van der Waals surface area (Å²) in [7, 11) is 2.23. The van der Waals surface area contributed by atoms with E-state index in [1.54, 1.807) is 0 Å². The lowest BCUT2D eigenvalue weighted by atomic mass is 9.85. The summed E-state index contributed by atoms with van der Waals surface area (Å²) in [5, 5.41) is 0. The molecule has 0 aliphatic heterocycles. The topological polar surface area (TPSA) is 16.1 Å². The fourth-order valence-electron chi connectivity index (χ4n) is 3.31. The van der Waals surface area contributed by atoms with E-state index in [-0.39, 0.29) is 0 Å². The summed E-state index contributed by atoms with van der Waals surface area (Å²) in [5.74, 6) is 1.53. The van der Waals surface area contributed by atoms with Crippen molar-refractivity contribution in [1.82, 2.24) is 4.98 Å². The standard InChI is InChI=1S/C18H30N2/c1-5-14(2)12-16-10-11-17(13-19-16)20(4)18-9-7-6-8-15(18)3/h10-11,13-15,18H,5-9,12H2,1-4H3. The molecule has 3 unspecified atom stereocenters. The average Bonchev–Trinajstić information content (AvgIpc) is 2.47. The van der Waals surface area contributed by atoms with Crippen LogP contribution >= 0.6 is 0 Å². The zero-order valence-corrected chi connectivity index (χ0v) is 13.6. The van der Waals surface area contributed by atoms with Gasteiger partial charge in [0.25, 0.3) is 0 Å². The number of hydrogen-bond donors (Lipinski definition) is 0. The number of rotatable bonds is 5. The third-order valence-electron chi connectivity index (χ3n) is 5.03. The van der Waals surface area contributed by atoms with Gasteiger partial charge < -0.3 is 4.90 Å². The van der Waals surface area contributed by atoms with Crippen molar-refractivity contribution in [3.05, 3.63) is 24.0 Å². The minimum atomic E-state index is 0.686. The highest BCUT2D eigenvalue weighted by atomic mass is 15.1. The van der Waals surface area contributed by atoms with Crippen molar-refractivity contribution in [2.45, 2.75) is 65.3 Å². The minimum absolute atomic E-state index is 0.686. The summed E-state index contributed by atoms with van der Waals surface area (Å²) in [4.78, 5) is 7.11. The quantitative estimate of drug-likeness (QED) is 0.774. The van der Waals surface area contributed by atoms with Crippen LogP contribution in [0.3, 0.4) is 0 Å². The van der Waals surface area contributed by atoms with Crippen molar-refractivity contribution >= 4 is 5.69 Å². The normalized spacial score (nSPS) is 24.4. The molecular formula is C18H30N2. The Morgan fingerprint density at radius 1 is 1.30 bits per heavy atom. The second kappa shape index (κ2) is 7.10. The number of pyridine rings is 1. The van der Waals surface area contributed by atoms with Crippen molar-refractivity contribution in [2.75, 3.05) is 11.9 Å². The van der Waals surface area contributed by atoms with Crippen molar-refractivity contribution in [3.8, 4) is 0 Å². The van der Waals surface area contributed by atoms with Crippen molar-refractivity contribution < 1.29 is 0 Å². The van der Waals surface area contributed by atoms with E-state index in [1.807, 2.05) is 0 Å². The maximum atomic E-state index is 4.67. The zero-order chi connectivity index (χ0) is 14.5. The first-order valence-electron chi connectivity index (χ1n) is 8.29. The summed E-state index contributed by atoms with van der Waals surface area (Å²) in [6, 6.07) is 5.16. The van der Waals surface area contributed by atoms with Crippen LogP contribution in [0.2, 0.25) is 0 Å². The molecule has 0 N–H and O–H groups in total. The number of nitrogens with zero attached hydrogens (tertiary/aromatic N) is 2. The third-order valence-corrected chi connectivity index (χ3v) is 5.03. The Labute approximate surface area is 124 Å². The van der Waals surface area contributed by atoms with Crippen LogP contribution in [-0.4, -0.2) is 18.1 Å². The molecule has 1 aliphatic rings. The molecule has 1 aromatic heterocycles. The van der Waals surface area contributed by atoms with Crippen LogP contribution in [0, 0.1) is 11.8 Å². The van der Waals surface area contributed by atoms with E-state index >= 15 is 0 Å². The molecule has 1 fully saturated rings. The van der Waals surface area contributed by atoms with Gasteiger partial charge in [0.05, 0.1) is 11.9 Å². The molecule has 0 spiro atoms. The maximum absolute atomic E-state index is 4.67. The molecule has 0 radical (unpaired) electrons. The molecular weight excluding hydrogens is 244 g/mol. The van der Waals surface area contributed by atoms with Crippen LogP contribution in [0.4, 0.5) is 5.69 Å². The van der Waals surface area contributed by atoms with Gasteiger partial charge in [0.2, 0.25) is 0 Å². The van der Waals surface area contributed by atoms with Crippen molar-refractivity contribution in [3.63, 3.8) is 0 Å². The Morgan fingerprint density at radius 2 is 2.05 bits per heavy atom. The van der Waals surface area contributed by atoms with Gasteiger partial charge in [-0.05, 0) is 43.2 Å². The Balaban J connectivity index is 2.01. The highest BCUT2D eigenvalue weighted by Crippen LogP contribution is 2.30. The molecule has 3 atom stereocenters. The summed E-state index contributed by atoms with van der Waals surface area (Å²) in [5.41, 5.74) is 2.50. The molecule has 2 heteroatoms. The molecule has 2 nitrogen and oxygen atoms in total. The number of hydrogen-bond acceptors (Lipinski definition) is 2. The molecule has 1 heterocycles. The molecule has 20 heavy (non-hydrogen) atoms. The molecule has 0 saturated heterocycles. The highest BCUT2D eigenvalue weighted by Gasteiger charge is 2.25. The van der Waals surface area contributed by atoms with Gasteiger partial charge in [-0.25, -0.2) is 0 Å². The monoisotopic (exact) mass is 274 g/mol. The van der Waals surface area contributed by atoms with E-state index in [2.05, 4.69) is 56.0 Å². The predicted octanol–water partition coefficient (Wildman–Crippen LogP) is 4.69. The molecule has 0 amide bonds. The van der Waals surface area contributed by atoms with E-state index in [1.165, 1.54) is 43.5 Å². The number of aromatic nitrogens is 1. The van der Waals surface area contributed by atoms with Gasteiger partial charge in [0.1, 0.15) is 0 Å². The molecule has 1 aliphatic carbocycles. The van der Waals surface area contributed by atoms with E-state index in [9.17, 15) is 0 Å². The van der Waals surface area contributed by atoms with Gasteiger partial charge in [-0.2, -0.15) is 0 Å². The van der Waals surface area contributed by atoms with Gasteiger partial charge >= 0.3 is 0 Å². The summed E-state index contributed by atoms with van der Waals surface area (Å²) >= 11 is 0. The second-order valence-electron chi connectivity index (χ2n) is 6.67. The maximum Gasteiger partial charge on any atom is 0.0552 e. The van der Waals surface area contributed by atoms with E-state index in [0.29, 0.717) is 6.04 Å². The summed E-state index contributed by atoms with van der Waals surface area (Å²) < 4.78 is 0. The fraction of sp³-hybridized carbons (Fsp3) is 0.722. The summed E-state index contributed by atoms with van der Waals surface area (Å²) in [6.07, 6.45) is 9.86. The van der Waals surface area contributed by atoms with E-state index in [0.717, 1.165) is 18.3 Å². The van der Waals surface area contributed by atoms with Crippen LogP contribution in [-0.2, 0) is 6.42 Å². The molecule has 112 valence electrons. The van der Waals surface area contributed by atoms with E-state index < -0.39 is 0 Å². The minimum Gasteiger partial charge on any atom is -0.370 e. The van der Waals surface area contributed by atoms with E-state index in [4.69, 9.17) is 0 Å². The van der Waals surface area contributed by atoms with Gasteiger partial charge in [-0.15, -0.1) is 0 Å². The van der Waals surface area contributed by atoms with Crippen LogP contribution in [0.5, 0.6) is 0 Å². The van der Waals surface area contributed by atoms with Crippen LogP contribution in [0.1, 0.15) is 58.6 Å². The molecule has 0 aromatic carbocycles. The zero-order valence-electron chi connectivity index (χ0n) is 13.6. The second-order valence-corrected chi connectivity index (χ2v) is 6.67. The molecule has 2 rings (SSSR count). The molecule has 1 aromatic rings. The smallest absolute Gasteiger partial charge is 0.0552 e. The number of anilines is 1. The summed E-state index contributed by atoms with van der Waals surface area (Å²) in [6.45, 7) is 6.94.